The fourth-order valence-corrected chi connectivity index (χ4v) is 1.46. The van der Waals surface area contributed by atoms with E-state index in [1.807, 2.05) is 30.3 Å². The van der Waals surface area contributed by atoms with Crippen molar-refractivity contribution in [1.82, 2.24) is 0 Å². The van der Waals surface area contributed by atoms with Crippen LogP contribution in [0.25, 0.3) is 6.08 Å². The van der Waals surface area contributed by atoms with Gasteiger partial charge >= 0.3 is 5.97 Å². The first-order chi connectivity index (χ1) is 8.18. The predicted octanol–water partition coefficient (Wildman–Crippen LogP) is 1.64. The molecule has 1 aliphatic rings. The van der Waals surface area contributed by atoms with Gasteiger partial charge in [0.1, 0.15) is 11.3 Å². The van der Waals surface area contributed by atoms with Crippen molar-refractivity contribution in [3.05, 3.63) is 53.3 Å². The number of carbonyl (C=O) groups excluding carboxylic acids is 2. The molecule has 4 heteroatoms. The molecule has 2 rings (SSSR count). The quantitative estimate of drug-likeness (QED) is 0.363. The van der Waals surface area contributed by atoms with E-state index in [4.69, 9.17) is 0 Å². The Morgan fingerprint density at radius 3 is 2.53 bits per heavy atom. The average Bonchev–Trinajstić information content (AvgIpc) is 2.67. The summed E-state index contributed by atoms with van der Waals surface area (Å²) in [6, 6.07) is 9.23. The largest absolute Gasteiger partial charge is 0.507 e. The lowest BCUT2D eigenvalue weighted by Gasteiger charge is -1.95. The van der Waals surface area contributed by atoms with Crippen molar-refractivity contribution in [2.75, 3.05) is 6.61 Å². The molecular formula is C13H10O4. The molecule has 0 radical (unpaired) electrons. The molecule has 0 amide bonds. The number of aliphatic hydroxyl groups excluding tert-OH is 1. The molecule has 17 heavy (non-hydrogen) atoms. The third kappa shape index (κ3) is 2.42. The zero-order chi connectivity index (χ0) is 12.3. The Bertz CT molecular complexity index is 493. The maximum atomic E-state index is 11.2. The summed E-state index contributed by atoms with van der Waals surface area (Å²) < 4.78 is 4.51. The van der Waals surface area contributed by atoms with Crippen molar-refractivity contribution in [2.45, 2.75) is 0 Å². The zero-order valence-corrected chi connectivity index (χ0v) is 8.92. The summed E-state index contributed by atoms with van der Waals surface area (Å²) in [5.74, 6) is -1.63. The Labute approximate surface area is 97.8 Å². The fourth-order valence-electron chi connectivity index (χ4n) is 1.46. The van der Waals surface area contributed by atoms with Gasteiger partial charge in [0.25, 0.3) is 0 Å². The van der Waals surface area contributed by atoms with E-state index in [1.165, 1.54) is 6.08 Å². The van der Waals surface area contributed by atoms with Crippen LogP contribution < -0.4 is 0 Å². The third-order valence-corrected chi connectivity index (χ3v) is 2.31. The van der Waals surface area contributed by atoms with Crippen LogP contribution in [-0.2, 0) is 14.3 Å². The number of hydrogen-bond acceptors (Lipinski definition) is 4. The first-order valence-corrected chi connectivity index (χ1v) is 5.05. The monoisotopic (exact) mass is 230 g/mol. The van der Waals surface area contributed by atoms with Gasteiger partial charge in [0.05, 0.1) is 0 Å². The minimum absolute atomic E-state index is 0.280. The molecule has 1 heterocycles. The van der Waals surface area contributed by atoms with Crippen LogP contribution in [-0.4, -0.2) is 23.5 Å². The van der Waals surface area contributed by atoms with Crippen LogP contribution >= 0.6 is 0 Å². The maximum Gasteiger partial charge on any atom is 0.346 e. The molecule has 1 fully saturated rings. The minimum Gasteiger partial charge on any atom is -0.507 e. The van der Waals surface area contributed by atoms with Gasteiger partial charge in [-0.15, -0.1) is 0 Å². The summed E-state index contributed by atoms with van der Waals surface area (Å²) in [5, 5.41) is 9.62. The summed E-state index contributed by atoms with van der Waals surface area (Å²) in [6.45, 7) is -0.294. The highest BCUT2D eigenvalue weighted by atomic mass is 16.5. The van der Waals surface area contributed by atoms with Gasteiger partial charge in [-0.2, -0.15) is 0 Å². The normalized spacial score (nSPS) is 18.6. The molecule has 4 nitrogen and oxygen atoms in total. The number of esters is 1. The Morgan fingerprint density at radius 1 is 1.24 bits per heavy atom. The highest BCUT2D eigenvalue weighted by molar-refractivity contribution is 6.22. The average molecular weight is 230 g/mol. The standard InChI is InChI=1S/C13H10O4/c14-10(12-11(15)8-17-13(12)16)7-6-9-4-2-1-3-5-9/h1-7,14H,8H2/b7-6+,12-10?. The molecule has 0 unspecified atom stereocenters. The van der Waals surface area contributed by atoms with Gasteiger partial charge in [-0.25, -0.2) is 4.79 Å². The first kappa shape index (κ1) is 11.1. The lowest BCUT2D eigenvalue weighted by Crippen LogP contribution is -2.04. The molecule has 1 saturated heterocycles. The number of allylic oxidation sites excluding steroid dienone is 1. The summed E-state index contributed by atoms with van der Waals surface area (Å²) >= 11 is 0. The summed E-state index contributed by atoms with van der Waals surface area (Å²) in [4.78, 5) is 22.4. The molecular weight excluding hydrogens is 220 g/mol. The van der Waals surface area contributed by atoms with E-state index in [9.17, 15) is 14.7 Å². The van der Waals surface area contributed by atoms with E-state index < -0.39 is 11.8 Å². The molecule has 0 aliphatic carbocycles. The number of cyclic esters (lactones) is 1. The Morgan fingerprint density at radius 2 is 1.94 bits per heavy atom. The molecule has 1 N–H and O–H groups in total. The topological polar surface area (TPSA) is 63.6 Å². The molecule has 0 spiro atoms. The van der Waals surface area contributed by atoms with Gasteiger partial charge in [0.15, 0.2) is 6.61 Å². The van der Waals surface area contributed by atoms with Gasteiger partial charge in [-0.05, 0) is 11.6 Å². The molecule has 1 aliphatic heterocycles. The molecule has 0 atom stereocenters. The van der Waals surface area contributed by atoms with Crippen LogP contribution in [0.3, 0.4) is 0 Å². The Balaban J connectivity index is 2.24. The number of carbonyl (C=O) groups is 2. The molecule has 0 saturated carbocycles. The van der Waals surface area contributed by atoms with Gasteiger partial charge in [-0.1, -0.05) is 36.4 Å². The lowest BCUT2D eigenvalue weighted by atomic mass is 10.1. The number of ketones is 1. The zero-order valence-electron chi connectivity index (χ0n) is 8.92. The van der Waals surface area contributed by atoms with Crippen molar-refractivity contribution >= 4 is 17.8 Å². The van der Waals surface area contributed by atoms with Crippen LogP contribution in [0.15, 0.2) is 47.7 Å². The van der Waals surface area contributed by atoms with E-state index in [-0.39, 0.29) is 17.9 Å². The van der Waals surface area contributed by atoms with Crippen LogP contribution in [0.2, 0.25) is 0 Å². The van der Waals surface area contributed by atoms with Gasteiger partial charge in [-0.3, -0.25) is 4.79 Å². The highest BCUT2D eigenvalue weighted by Crippen LogP contribution is 2.15. The number of hydrogen-bond donors (Lipinski definition) is 1. The van der Waals surface area contributed by atoms with E-state index >= 15 is 0 Å². The van der Waals surface area contributed by atoms with E-state index in [1.54, 1.807) is 6.08 Å². The van der Waals surface area contributed by atoms with Crippen molar-refractivity contribution in [3.8, 4) is 0 Å². The van der Waals surface area contributed by atoms with Crippen molar-refractivity contribution < 1.29 is 19.4 Å². The molecule has 0 aromatic heterocycles. The smallest absolute Gasteiger partial charge is 0.346 e. The van der Waals surface area contributed by atoms with E-state index in [2.05, 4.69) is 4.74 Å². The fraction of sp³-hybridized carbons (Fsp3) is 0.0769. The van der Waals surface area contributed by atoms with Crippen molar-refractivity contribution in [2.24, 2.45) is 0 Å². The minimum atomic E-state index is -0.773. The van der Waals surface area contributed by atoms with Crippen LogP contribution in [0, 0.1) is 0 Å². The Kier molecular flexibility index (Phi) is 3.05. The second-order valence-corrected chi connectivity index (χ2v) is 3.50. The number of ether oxygens (including phenoxy) is 1. The van der Waals surface area contributed by atoms with Crippen LogP contribution in [0.4, 0.5) is 0 Å². The van der Waals surface area contributed by atoms with Crippen LogP contribution in [0.1, 0.15) is 5.56 Å². The third-order valence-electron chi connectivity index (χ3n) is 2.31. The highest BCUT2D eigenvalue weighted by Gasteiger charge is 2.31. The second-order valence-electron chi connectivity index (χ2n) is 3.50. The number of Topliss-reactive ketones (excluding diaryl/α,β-unsaturated/α-hetero) is 1. The maximum absolute atomic E-state index is 11.2. The SMILES string of the molecule is O=C1COC(=O)C1=C(O)/C=C/c1ccccc1. The Hall–Kier alpha value is -2.36. The summed E-state index contributed by atoms with van der Waals surface area (Å²) in [7, 11) is 0. The van der Waals surface area contributed by atoms with Gasteiger partial charge < -0.3 is 9.84 Å². The number of rotatable bonds is 2. The predicted molar refractivity (Wildman–Crippen MR) is 61.1 cm³/mol. The van der Waals surface area contributed by atoms with E-state index in [0.29, 0.717) is 0 Å². The first-order valence-electron chi connectivity index (χ1n) is 5.05. The van der Waals surface area contributed by atoms with Crippen molar-refractivity contribution in [3.63, 3.8) is 0 Å². The lowest BCUT2D eigenvalue weighted by molar-refractivity contribution is -0.135. The molecule has 86 valence electrons. The molecule has 1 aromatic rings. The van der Waals surface area contributed by atoms with E-state index in [0.717, 1.165) is 5.56 Å². The number of aliphatic hydroxyl groups is 1. The molecule has 1 aromatic carbocycles. The molecule has 0 bridgehead atoms. The van der Waals surface area contributed by atoms with Crippen LogP contribution in [0.5, 0.6) is 0 Å². The van der Waals surface area contributed by atoms with Gasteiger partial charge in [0, 0.05) is 0 Å². The second kappa shape index (κ2) is 4.65. The van der Waals surface area contributed by atoms with Crippen molar-refractivity contribution in [1.29, 1.82) is 0 Å². The van der Waals surface area contributed by atoms with Gasteiger partial charge in [0.2, 0.25) is 5.78 Å². The summed E-state index contributed by atoms with van der Waals surface area (Å²) in [5.41, 5.74) is 0.579. The summed E-state index contributed by atoms with van der Waals surface area (Å²) in [6.07, 6.45) is 2.93. The number of benzene rings is 1.